The van der Waals surface area contributed by atoms with Crippen LogP contribution in [-0.2, 0) is 9.59 Å². The van der Waals surface area contributed by atoms with Crippen LogP contribution in [0.25, 0.3) is 0 Å². The number of carbonyl (C=O) groups is 2. The molecular weight excluding hydrogens is 404 g/mol. The van der Waals surface area contributed by atoms with Crippen LogP contribution >= 0.6 is 0 Å². The molecule has 0 spiro atoms. The van der Waals surface area contributed by atoms with Crippen LogP contribution in [0.1, 0.15) is 118 Å². The molecule has 0 saturated heterocycles. The number of esters is 2. The van der Waals surface area contributed by atoms with E-state index in [0.717, 1.165) is 38.5 Å². The van der Waals surface area contributed by atoms with Gasteiger partial charge in [0.25, 0.3) is 0 Å². The van der Waals surface area contributed by atoms with E-state index in [1.54, 1.807) is 18.2 Å². The predicted molar refractivity (Wildman–Crippen MR) is 129 cm³/mol. The van der Waals surface area contributed by atoms with Crippen molar-refractivity contribution in [1.82, 2.24) is 0 Å². The normalized spacial score (nSPS) is 10.9. The molecule has 0 saturated carbocycles. The lowest BCUT2D eigenvalue weighted by atomic mass is 10.1. The molecule has 0 bridgehead atoms. The molecule has 0 aromatic heterocycles. The molecule has 0 aliphatic carbocycles. The van der Waals surface area contributed by atoms with E-state index in [2.05, 4.69) is 13.8 Å². The van der Waals surface area contributed by atoms with Crippen molar-refractivity contribution in [3.8, 4) is 17.2 Å². The zero-order chi connectivity index (χ0) is 23.6. The second-order valence-corrected chi connectivity index (χ2v) is 8.73. The van der Waals surface area contributed by atoms with E-state index in [1.807, 2.05) is 13.8 Å². The molecule has 1 rings (SSSR count). The van der Waals surface area contributed by atoms with Gasteiger partial charge in [0.2, 0.25) is 5.75 Å². The smallest absolute Gasteiger partial charge is 0.311 e. The van der Waals surface area contributed by atoms with Gasteiger partial charge in [-0.05, 0) is 38.8 Å². The van der Waals surface area contributed by atoms with Gasteiger partial charge in [-0.1, -0.05) is 84.1 Å². The number of ether oxygens (including phenoxy) is 3. The lowest BCUT2D eigenvalue weighted by Gasteiger charge is -2.17. The number of rotatable bonds is 18. The van der Waals surface area contributed by atoms with Gasteiger partial charge in [0.05, 0.1) is 6.10 Å². The first kappa shape index (κ1) is 28.0. The van der Waals surface area contributed by atoms with Gasteiger partial charge in [0, 0.05) is 12.8 Å². The maximum absolute atomic E-state index is 12.5. The summed E-state index contributed by atoms with van der Waals surface area (Å²) in [6, 6.07) is 5.13. The Morgan fingerprint density at radius 1 is 0.688 bits per heavy atom. The first-order valence-electron chi connectivity index (χ1n) is 12.7. The second kappa shape index (κ2) is 17.5. The molecule has 0 aliphatic heterocycles. The van der Waals surface area contributed by atoms with Gasteiger partial charge in [-0.15, -0.1) is 0 Å². The van der Waals surface area contributed by atoms with Gasteiger partial charge >= 0.3 is 11.9 Å². The highest BCUT2D eigenvalue weighted by Gasteiger charge is 2.19. The minimum absolute atomic E-state index is 0.0971. The molecular formula is C27H44O5. The van der Waals surface area contributed by atoms with Crippen molar-refractivity contribution in [2.45, 2.75) is 124 Å². The quantitative estimate of drug-likeness (QED) is 0.130. The summed E-state index contributed by atoms with van der Waals surface area (Å²) in [7, 11) is 0. The summed E-state index contributed by atoms with van der Waals surface area (Å²) < 4.78 is 17.0. The van der Waals surface area contributed by atoms with Crippen LogP contribution in [0.2, 0.25) is 0 Å². The van der Waals surface area contributed by atoms with Gasteiger partial charge in [0.1, 0.15) is 0 Å². The Labute approximate surface area is 195 Å². The summed E-state index contributed by atoms with van der Waals surface area (Å²) in [6.45, 7) is 8.18. The van der Waals surface area contributed by atoms with Crippen LogP contribution in [0.15, 0.2) is 18.2 Å². The number of benzene rings is 1. The average Bonchev–Trinajstić information content (AvgIpc) is 2.75. The monoisotopic (exact) mass is 448 g/mol. The highest BCUT2D eigenvalue weighted by Crippen LogP contribution is 2.38. The van der Waals surface area contributed by atoms with Crippen molar-refractivity contribution in [3.05, 3.63) is 18.2 Å². The molecule has 0 amide bonds. The summed E-state index contributed by atoms with van der Waals surface area (Å²) in [6.07, 6.45) is 13.8. The van der Waals surface area contributed by atoms with Gasteiger partial charge in [-0.3, -0.25) is 9.59 Å². The Bertz CT molecular complexity index is 653. The SMILES string of the molecule is CCCCCCCCC(=O)Oc1cccc(OC(C)C)c1OC(=O)CCCCCCCC. The van der Waals surface area contributed by atoms with Crippen LogP contribution in [0, 0.1) is 0 Å². The number of hydrogen-bond donors (Lipinski definition) is 0. The van der Waals surface area contributed by atoms with Crippen LogP contribution in [0.4, 0.5) is 0 Å². The Hall–Kier alpha value is -2.04. The maximum atomic E-state index is 12.5. The summed E-state index contributed by atoms with van der Waals surface area (Å²) in [5.41, 5.74) is 0. The zero-order valence-electron chi connectivity index (χ0n) is 20.8. The second-order valence-electron chi connectivity index (χ2n) is 8.73. The summed E-state index contributed by atoms with van der Waals surface area (Å²) in [5, 5.41) is 0. The van der Waals surface area contributed by atoms with Gasteiger partial charge < -0.3 is 14.2 Å². The number of hydrogen-bond acceptors (Lipinski definition) is 5. The summed E-state index contributed by atoms with van der Waals surface area (Å²) >= 11 is 0. The molecule has 0 fully saturated rings. The Balaban J connectivity index is 2.66. The Morgan fingerprint density at radius 3 is 1.69 bits per heavy atom. The van der Waals surface area contributed by atoms with Gasteiger partial charge in [-0.25, -0.2) is 0 Å². The first-order chi connectivity index (χ1) is 15.5. The molecule has 0 N–H and O–H groups in total. The summed E-state index contributed by atoms with van der Waals surface area (Å²) in [4.78, 5) is 24.8. The molecule has 0 aliphatic rings. The minimum Gasteiger partial charge on any atom is -0.487 e. The molecule has 32 heavy (non-hydrogen) atoms. The maximum Gasteiger partial charge on any atom is 0.311 e. The molecule has 0 heterocycles. The van der Waals surface area contributed by atoms with E-state index in [0.29, 0.717) is 18.6 Å². The Morgan fingerprint density at radius 2 is 1.16 bits per heavy atom. The molecule has 0 radical (unpaired) electrons. The molecule has 0 atom stereocenters. The first-order valence-corrected chi connectivity index (χ1v) is 12.7. The van der Waals surface area contributed by atoms with Crippen LogP contribution in [-0.4, -0.2) is 18.0 Å². The number of para-hydroxylation sites is 1. The summed E-state index contributed by atoms with van der Waals surface area (Å²) in [5.74, 6) is 0.231. The van der Waals surface area contributed by atoms with Crippen molar-refractivity contribution in [2.75, 3.05) is 0 Å². The largest absolute Gasteiger partial charge is 0.487 e. The fraction of sp³-hybridized carbons (Fsp3) is 0.704. The topological polar surface area (TPSA) is 61.8 Å². The lowest BCUT2D eigenvalue weighted by Crippen LogP contribution is -2.14. The number of unbranched alkanes of at least 4 members (excludes halogenated alkanes) is 10. The van der Waals surface area contributed by atoms with E-state index in [9.17, 15) is 9.59 Å². The molecule has 1 aromatic rings. The number of carbonyl (C=O) groups excluding carboxylic acids is 2. The molecule has 0 unspecified atom stereocenters. The highest BCUT2D eigenvalue weighted by atomic mass is 16.6. The van der Waals surface area contributed by atoms with E-state index >= 15 is 0 Å². The molecule has 5 heteroatoms. The van der Waals surface area contributed by atoms with Crippen molar-refractivity contribution in [1.29, 1.82) is 0 Å². The van der Waals surface area contributed by atoms with Gasteiger partial charge in [0.15, 0.2) is 11.5 Å². The van der Waals surface area contributed by atoms with Crippen molar-refractivity contribution in [2.24, 2.45) is 0 Å². The zero-order valence-corrected chi connectivity index (χ0v) is 20.8. The van der Waals surface area contributed by atoms with Crippen LogP contribution in [0.3, 0.4) is 0 Å². The molecule has 5 nitrogen and oxygen atoms in total. The highest BCUT2D eigenvalue weighted by molar-refractivity contribution is 5.77. The fourth-order valence-electron chi connectivity index (χ4n) is 3.46. The third-order valence-corrected chi connectivity index (χ3v) is 5.21. The van der Waals surface area contributed by atoms with E-state index in [4.69, 9.17) is 14.2 Å². The van der Waals surface area contributed by atoms with E-state index in [-0.39, 0.29) is 29.5 Å². The molecule has 182 valence electrons. The molecule has 1 aromatic carbocycles. The minimum atomic E-state index is -0.325. The van der Waals surface area contributed by atoms with Crippen LogP contribution in [0.5, 0.6) is 17.2 Å². The van der Waals surface area contributed by atoms with Crippen LogP contribution < -0.4 is 14.2 Å². The van der Waals surface area contributed by atoms with E-state index in [1.165, 1.54) is 38.5 Å². The Kier molecular flexibility index (Phi) is 15.3. The lowest BCUT2D eigenvalue weighted by molar-refractivity contribution is -0.137. The van der Waals surface area contributed by atoms with Gasteiger partial charge in [-0.2, -0.15) is 0 Å². The average molecular weight is 449 g/mol. The van der Waals surface area contributed by atoms with E-state index < -0.39 is 0 Å². The standard InChI is InChI=1S/C27H44O5/c1-5-7-9-11-13-15-20-25(28)31-24-19-17-18-23(30-22(3)4)27(24)32-26(29)21-16-14-12-10-8-6-2/h17-19,22H,5-16,20-21H2,1-4H3. The van der Waals surface area contributed by atoms with Crippen molar-refractivity contribution >= 4 is 11.9 Å². The van der Waals surface area contributed by atoms with Crippen molar-refractivity contribution < 1.29 is 23.8 Å². The fourth-order valence-corrected chi connectivity index (χ4v) is 3.46. The predicted octanol–water partition coefficient (Wildman–Crippen LogP) is 7.79. The third kappa shape index (κ3) is 12.7. The third-order valence-electron chi connectivity index (χ3n) is 5.21. The van der Waals surface area contributed by atoms with Crippen molar-refractivity contribution in [3.63, 3.8) is 0 Å².